The summed E-state index contributed by atoms with van der Waals surface area (Å²) in [6, 6.07) is 12.2. The Morgan fingerprint density at radius 3 is 2.28 bits per heavy atom. The maximum absolute atomic E-state index is 13.0. The van der Waals surface area contributed by atoms with Gasteiger partial charge in [-0.1, -0.05) is 36.7 Å². The van der Waals surface area contributed by atoms with Crippen molar-refractivity contribution >= 4 is 46.3 Å². The first-order valence-corrected chi connectivity index (χ1v) is 9.71. The lowest BCUT2D eigenvalue weighted by atomic mass is 10.0. The van der Waals surface area contributed by atoms with Gasteiger partial charge in [-0.2, -0.15) is 0 Å². The number of anilines is 2. The second-order valence-corrected chi connectivity index (χ2v) is 7.27. The SMILES string of the molecule is CCCN1C(=O)C(Nc2ccc(C)c(Cl)c2)=C(c2ccc(NC(C)=O)cc2)C1=O. The molecule has 6 nitrogen and oxygen atoms in total. The number of hydrogen-bond donors (Lipinski definition) is 2. The van der Waals surface area contributed by atoms with Gasteiger partial charge in [0.25, 0.3) is 11.8 Å². The number of nitrogens with zero attached hydrogens (tertiary/aromatic N) is 1. The van der Waals surface area contributed by atoms with Crippen LogP contribution < -0.4 is 10.6 Å². The van der Waals surface area contributed by atoms with Crippen LogP contribution in [-0.4, -0.2) is 29.2 Å². The van der Waals surface area contributed by atoms with Crippen molar-refractivity contribution in [2.75, 3.05) is 17.2 Å². The van der Waals surface area contributed by atoms with Gasteiger partial charge in [-0.25, -0.2) is 0 Å². The van der Waals surface area contributed by atoms with Gasteiger partial charge in [0.05, 0.1) is 5.57 Å². The lowest BCUT2D eigenvalue weighted by molar-refractivity contribution is -0.136. The number of aryl methyl sites for hydroxylation is 1. The predicted molar refractivity (Wildman–Crippen MR) is 114 cm³/mol. The lowest BCUT2D eigenvalue weighted by Crippen LogP contribution is -2.33. The molecule has 1 heterocycles. The third kappa shape index (κ3) is 4.32. The van der Waals surface area contributed by atoms with E-state index in [0.717, 1.165) is 5.56 Å². The van der Waals surface area contributed by atoms with Crippen molar-refractivity contribution in [2.45, 2.75) is 27.2 Å². The van der Waals surface area contributed by atoms with Crippen molar-refractivity contribution in [1.82, 2.24) is 4.90 Å². The summed E-state index contributed by atoms with van der Waals surface area (Å²) in [5, 5.41) is 6.34. The van der Waals surface area contributed by atoms with Crippen LogP contribution in [0.25, 0.3) is 5.57 Å². The van der Waals surface area contributed by atoms with E-state index in [0.29, 0.717) is 40.5 Å². The first-order valence-electron chi connectivity index (χ1n) is 9.33. The molecule has 2 N–H and O–H groups in total. The summed E-state index contributed by atoms with van der Waals surface area (Å²) in [5.41, 5.74) is 3.27. The van der Waals surface area contributed by atoms with Crippen LogP contribution in [0.5, 0.6) is 0 Å². The normalized spacial score (nSPS) is 13.9. The molecule has 0 aromatic heterocycles. The van der Waals surface area contributed by atoms with Crippen LogP contribution in [0.15, 0.2) is 48.2 Å². The standard InChI is InChI=1S/C22H22ClN3O3/c1-4-11-26-21(28)19(15-6-9-16(10-7-15)24-14(3)27)20(22(26)29)25-17-8-5-13(2)18(23)12-17/h5-10,12,25H,4,11H2,1-3H3,(H,24,27). The number of carbonyl (C=O) groups excluding carboxylic acids is 3. The Labute approximate surface area is 174 Å². The van der Waals surface area contributed by atoms with Crippen molar-refractivity contribution in [2.24, 2.45) is 0 Å². The fourth-order valence-electron chi connectivity index (χ4n) is 3.12. The molecule has 0 atom stereocenters. The van der Waals surface area contributed by atoms with Gasteiger partial charge in [-0.15, -0.1) is 0 Å². The number of hydrogen-bond acceptors (Lipinski definition) is 4. The fourth-order valence-corrected chi connectivity index (χ4v) is 3.31. The van der Waals surface area contributed by atoms with Gasteiger partial charge in [0.2, 0.25) is 5.91 Å². The zero-order valence-electron chi connectivity index (χ0n) is 16.5. The van der Waals surface area contributed by atoms with E-state index < -0.39 is 0 Å². The molecule has 0 unspecified atom stereocenters. The zero-order valence-corrected chi connectivity index (χ0v) is 17.3. The summed E-state index contributed by atoms with van der Waals surface area (Å²) in [7, 11) is 0. The number of amides is 3. The molecule has 3 amide bonds. The van der Waals surface area contributed by atoms with Crippen LogP contribution in [0.3, 0.4) is 0 Å². The number of nitrogens with one attached hydrogen (secondary N) is 2. The monoisotopic (exact) mass is 411 g/mol. The van der Waals surface area contributed by atoms with E-state index in [-0.39, 0.29) is 23.4 Å². The third-order valence-electron chi connectivity index (χ3n) is 4.55. The van der Waals surface area contributed by atoms with E-state index in [9.17, 15) is 14.4 Å². The Hall–Kier alpha value is -3.12. The maximum Gasteiger partial charge on any atom is 0.278 e. The summed E-state index contributed by atoms with van der Waals surface area (Å²) < 4.78 is 0. The van der Waals surface area contributed by atoms with Gasteiger partial charge < -0.3 is 10.6 Å². The quantitative estimate of drug-likeness (QED) is 0.698. The van der Waals surface area contributed by atoms with E-state index in [1.165, 1.54) is 11.8 Å². The number of imide groups is 1. The number of carbonyl (C=O) groups is 3. The van der Waals surface area contributed by atoms with Gasteiger partial charge >= 0.3 is 0 Å². The average molecular weight is 412 g/mol. The van der Waals surface area contributed by atoms with Gasteiger partial charge in [0.1, 0.15) is 5.70 Å². The molecule has 0 radical (unpaired) electrons. The van der Waals surface area contributed by atoms with E-state index in [2.05, 4.69) is 10.6 Å². The molecule has 150 valence electrons. The molecule has 0 saturated heterocycles. The summed E-state index contributed by atoms with van der Waals surface area (Å²) in [6.07, 6.45) is 0.663. The molecule has 2 aromatic carbocycles. The lowest BCUT2D eigenvalue weighted by Gasteiger charge is -2.14. The highest BCUT2D eigenvalue weighted by molar-refractivity contribution is 6.36. The molecule has 1 aliphatic rings. The Kier molecular flexibility index (Phi) is 6.03. The summed E-state index contributed by atoms with van der Waals surface area (Å²) in [6.45, 7) is 5.56. The van der Waals surface area contributed by atoms with Crippen LogP contribution in [0, 0.1) is 6.92 Å². The molecule has 1 aliphatic heterocycles. The Morgan fingerprint density at radius 1 is 1.03 bits per heavy atom. The number of halogens is 1. The first kappa shape index (κ1) is 20.6. The second kappa shape index (κ2) is 8.49. The summed E-state index contributed by atoms with van der Waals surface area (Å²) >= 11 is 6.20. The van der Waals surface area contributed by atoms with Crippen LogP contribution in [0.4, 0.5) is 11.4 Å². The molecule has 0 aliphatic carbocycles. The van der Waals surface area contributed by atoms with Crippen LogP contribution >= 0.6 is 11.6 Å². The number of rotatable bonds is 6. The van der Waals surface area contributed by atoms with Crippen molar-refractivity contribution in [3.8, 4) is 0 Å². The summed E-state index contributed by atoms with van der Waals surface area (Å²) in [5.74, 6) is -0.892. The molecule has 29 heavy (non-hydrogen) atoms. The third-order valence-corrected chi connectivity index (χ3v) is 4.96. The highest BCUT2D eigenvalue weighted by atomic mass is 35.5. The van der Waals surface area contributed by atoms with Crippen molar-refractivity contribution in [3.05, 3.63) is 64.3 Å². The molecule has 7 heteroatoms. The molecule has 0 saturated carbocycles. The van der Waals surface area contributed by atoms with Crippen LogP contribution in [0.2, 0.25) is 5.02 Å². The smallest absolute Gasteiger partial charge is 0.278 e. The maximum atomic E-state index is 13.0. The van der Waals surface area contributed by atoms with Crippen LogP contribution in [-0.2, 0) is 14.4 Å². The number of benzene rings is 2. The minimum Gasteiger partial charge on any atom is -0.350 e. The molecule has 0 fully saturated rings. The molecular weight excluding hydrogens is 390 g/mol. The topological polar surface area (TPSA) is 78.5 Å². The molecule has 0 spiro atoms. The molecular formula is C22H22ClN3O3. The highest BCUT2D eigenvalue weighted by Crippen LogP contribution is 2.32. The molecule has 3 rings (SSSR count). The Balaban J connectivity index is 2.03. The fraction of sp³-hybridized carbons (Fsp3) is 0.227. The minimum absolute atomic E-state index is 0.184. The average Bonchev–Trinajstić information content (AvgIpc) is 2.90. The largest absolute Gasteiger partial charge is 0.350 e. The highest BCUT2D eigenvalue weighted by Gasteiger charge is 2.38. The Bertz CT molecular complexity index is 1010. The zero-order chi connectivity index (χ0) is 21.1. The van der Waals surface area contributed by atoms with Crippen molar-refractivity contribution in [3.63, 3.8) is 0 Å². The molecule has 0 bridgehead atoms. The second-order valence-electron chi connectivity index (χ2n) is 6.86. The first-order chi connectivity index (χ1) is 13.8. The van der Waals surface area contributed by atoms with Crippen molar-refractivity contribution in [1.29, 1.82) is 0 Å². The van der Waals surface area contributed by atoms with Crippen LogP contribution in [0.1, 0.15) is 31.4 Å². The van der Waals surface area contributed by atoms with Gasteiger partial charge in [0.15, 0.2) is 0 Å². The molecule has 2 aromatic rings. The predicted octanol–water partition coefficient (Wildman–Crippen LogP) is 4.21. The van der Waals surface area contributed by atoms with E-state index in [1.807, 2.05) is 26.0 Å². The van der Waals surface area contributed by atoms with Crippen molar-refractivity contribution < 1.29 is 14.4 Å². The van der Waals surface area contributed by atoms with Gasteiger partial charge in [-0.05, 0) is 48.7 Å². The van der Waals surface area contributed by atoms with Gasteiger partial charge in [0, 0.05) is 29.9 Å². The van der Waals surface area contributed by atoms with E-state index >= 15 is 0 Å². The van der Waals surface area contributed by atoms with E-state index in [1.54, 1.807) is 30.3 Å². The summed E-state index contributed by atoms with van der Waals surface area (Å²) in [4.78, 5) is 38.4. The Morgan fingerprint density at radius 2 is 1.69 bits per heavy atom. The van der Waals surface area contributed by atoms with E-state index in [4.69, 9.17) is 11.6 Å². The minimum atomic E-state index is -0.366. The van der Waals surface area contributed by atoms with Gasteiger partial charge in [-0.3, -0.25) is 19.3 Å².